The topological polar surface area (TPSA) is 66.4 Å². The summed E-state index contributed by atoms with van der Waals surface area (Å²) in [5.41, 5.74) is 1.07. The molecule has 0 aromatic heterocycles. The second-order valence-electron chi connectivity index (χ2n) is 4.58. The van der Waals surface area contributed by atoms with Crippen LogP contribution in [0.15, 0.2) is 24.3 Å². The summed E-state index contributed by atoms with van der Waals surface area (Å²) in [5.74, 6) is -2.41. The minimum atomic E-state index is -0.958. The predicted molar refractivity (Wildman–Crippen MR) is 74.1 cm³/mol. The maximum Gasteiger partial charge on any atom is 0.307 e. The predicted octanol–water partition coefficient (Wildman–Crippen LogP) is 2.36. The lowest BCUT2D eigenvalue weighted by Crippen LogP contribution is -2.36. The monoisotopic (exact) mass is 283 g/mol. The summed E-state index contributed by atoms with van der Waals surface area (Å²) in [5, 5.41) is 12.3. The van der Waals surface area contributed by atoms with Crippen molar-refractivity contribution < 1.29 is 14.7 Å². The number of carboxylic acids is 1. The second-order valence-corrected chi connectivity index (χ2v) is 5.02. The highest BCUT2D eigenvalue weighted by atomic mass is 35.5. The molecule has 0 radical (unpaired) electrons. The van der Waals surface area contributed by atoms with E-state index in [-0.39, 0.29) is 5.91 Å². The summed E-state index contributed by atoms with van der Waals surface area (Å²) in [6, 6.07) is 7.40. The first-order valence-electron chi connectivity index (χ1n) is 6.16. The fraction of sp³-hybridized carbons (Fsp3) is 0.429. The van der Waals surface area contributed by atoms with Crippen molar-refractivity contribution in [1.82, 2.24) is 5.32 Å². The van der Waals surface area contributed by atoms with Gasteiger partial charge in [0.05, 0.1) is 5.92 Å². The Morgan fingerprint density at radius 2 is 1.79 bits per heavy atom. The molecule has 104 valence electrons. The van der Waals surface area contributed by atoms with Crippen molar-refractivity contribution in [2.24, 2.45) is 11.8 Å². The zero-order valence-electron chi connectivity index (χ0n) is 11.0. The summed E-state index contributed by atoms with van der Waals surface area (Å²) in [7, 11) is 0. The summed E-state index contributed by atoms with van der Waals surface area (Å²) in [4.78, 5) is 22.5. The number of carboxylic acid groups (broad SMARTS) is 1. The Morgan fingerprint density at radius 3 is 2.32 bits per heavy atom. The second kappa shape index (κ2) is 7.14. The third-order valence-electron chi connectivity index (χ3n) is 3.18. The highest BCUT2D eigenvalue weighted by molar-refractivity contribution is 6.30. The smallest absolute Gasteiger partial charge is 0.307 e. The molecule has 0 bridgehead atoms. The Hall–Kier alpha value is -1.55. The first-order chi connectivity index (χ1) is 8.91. The SMILES string of the molecule is CC(C(=O)O)C(C)C(=O)NCCc1ccc(Cl)cc1. The Balaban J connectivity index is 2.38. The van der Waals surface area contributed by atoms with E-state index in [4.69, 9.17) is 16.7 Å². The molecule has 19 heavy (non-hydrogen) atoms. The van der Waals surface area contributed by atoms with E-state index in [1.807, 2.05) is 12.1 Å². The number of carbonyl (C=O) groups is 2. The van der Waals surface area contributed by atoms with Gasteiger partial charge < -0.3 is 10.4 Å². The number of aliphatic carboxylic acids is 1. The number of benzene rings is 1. The highest BCUT2D eigenvalue weighted by Gasteiger charge is 2.25. The molecule has 0 saturated heterocycles. The molecule has 0 spiro atoms. The van der Waals surface area contributed by atoms with Crippen LogP contribution in [0.4, 0.5) is 0 Å². The van der Waals surface area contributed by atoms with Gasteiger partial charge in [-0.05, 0) is 24.1 Å². The quantitative estimate of drug-likeness (QED) is 0.842. The number of hydrogen-bond donors (Lipinski definition) is 2. The molecule has 0 aliphatic carbocycles. The molecule has 0 heterocycles. The third-order valence-corrected chi connectivity index (χ3v) is 3.43. The molecular weight excluding hydrogens is 266 g/mol. The lowest BCUT2D eigenvalue weighted by atomic mass is 9.95. The lowest BCUT2D eigenvalue weighted by Gasteiger charge is -2.15. The minimum absolute atomic E-state index is 0.233. The Bertz CT molecular complexity index is 445. The van der Waals surface area contributed by atoms with Gasteiger partial charge in [0.15, 0.2) is 0 Å². The number of halogens is 1. The highest BCUT2D eigenvalue weighted by Crippen LogP contribution is 2.12. The van der Waals surface area contributed by atoms with Gasteiger partial charge in [0.2, 0.25) is 5.91 Å². The van der Waals surface area contributed by atoms with Crippen molar-refractivity contribution in [1.29, 1.82) is 0 Å². The Kier molecular flexibility index (Phi) is 5.83. The normalized spacial score (nSPS) is 13.6. The first-order valence-corrected chi connectivity index (χ1v) is 6.54. The molecule has 5 heteroatoms. The van der Waals surface area contributed by atoms with Crippen LogP contribution in [-0.2, 0) is 16.0 Å². The third kappa shape index (κ3) is 4.91. The molecule has 1 amide bonds. The average molecular weight is 284 g/mol. The van der Waals surface area contributed by atoms with Crippen molar-refractivity contribution >= 4 is 23.5 Å². The fourth-order valence-corrected chi connectivity index (χ4v) is 1.71. The molecule has 4 nitrogen and oxygen atoms in total. The van der Waals surface area contributed by atoms with Gasteiger partial charge in [-0.1, -0.05) is 37.6 Å². The van der Waals surface area contributed by atoms with E-state index in [9.17, 15) is 9.59 Å². The minimum Gasteiger partial charge on any atom is -0.481 e. The van der Waals surface area contributed by atoms with Crippen LogP contribution in [0.3, 0.4) is 0 Å². The molecular formula is C14H18ClNO3. The number of nitrogens with one attached hydrogen (secondary N) is 1. The molecule has 2 atom stereocenters. The molecule has 0 saturated carbocycles. The van der Waals surface area contributed by atoms with E-state index in [1.165, 1.54) is 6.92 Å². The molecule has 2 N–H and O–H groups in total. The van der Waals surface area contributed by atoms with Crippen LogP contribution < -0.4 is 5.32 Å². The molecule has 1 rings (SSSR count). The van der Waals surface area contributed by atoms with E-state index >= 15 is 0 Å². The zero-order chi connectivity index (χ0) is 14.4. The van der Waals surface area contributed by atoms with Crippen molar-refractivity contribution in [3.05, 3.63) is 34.9 Å². The average Bonchev–Trinajstić information content (AvgIpc) is 2.39. The van der Waals surface area contributed by atoms with E-state index in [1.54, 1.807) is 19.1 Å². The Labute approximate surface area is 117 Å². The van der Waals surface area contributed by atoms with Crippen LogP contribution in [0, 0.1) is 11.8 Å². The maximum atomic E-state index is 11.7. The first kappa shape index (κ1) is 15.5. The summed E-state index contributed by atoms with van der Waals surface area (Å²) < 4.78 is 0. The van der Waals surface area contributed by atoms with Crippen LogP contribution in [-0.4, -0.2) is 23.5 Å². The standard InChI is InChI=1S/C14H18ClNO3/c1-9(10(2)14(18)19)13(17)16-8-7-11-3-5-12(15)6-4-11/h3-6,9-10H,7-8H2,1-2H3,(H,16,17)(H,18,19). The number of hydrogen-bond acceptors (Lipinski definition) is 2. The molecule has 1 aromatic carbocycles. The van der Waals surface area contributed by atoms with E-state index in [0.717, 1.165) is 5.56 Å². The van der Waals surface area contributed by atoms with Crippen molar-refractivity contribution in [3.8, 4) is 0 Å². The Morgan fingerprint density at radius 1 is 1.21 bits per heavy atom. The van der Waals surface area contributed by atoms with E-state index in [2.05, 4.69) is 5.32 Å². The molecule has 0 aliphatic heterocycles. The largest absolute Gasteiger partial charge is 0.481 e. The van der Waals surface area contributed by atoms with Crippen molar-refractivity contribution in [2.45, 2.75) is 20.3 Å². The summed E-state index contributed by atoms with van der Waals surface area (Å²) in [6.07, 6.45) is 0.692. The van der Waals surface area contributed by atoms with Crippen molar-refractivity contribution in [2.75, 3.05) is 6.54 Å². The van der Waals surface area contributed by atoms with Gasteiger partial charge in [-0.25, -0.2) is 0 Å². The van der Waals surface area contributed by atoms with Crippen molar-refractivity contribution in [3.63, 3.8) is 0 Å². The molecule has 2 unspecified atom stereocenters. The van der Waals surface area contributed by atoms with E-state index in [0.29, 0.717) is 18.0 Å². The van der Waals surface area contributed by atoms with E-state index < -0.39 is 17.8 Å². The van der Waals surface area contributed by atoms with Gasteiger partial charge in [0.1, 0.15) is 0 Å². The molecule has 0 aliphatic rings. The van der Waals surface area contributed by atoms with Crippen LogP contribution in [0.25, 0.3) is 0 Å². The van der Waals surface area contributed by atoms with Gasteiger partial charge in [-0.2, -0.15) is 0 Å². The van der Waals surface area contributed by atoms with Crippen LogP contribution in [0.5, 0.6) is 0 Å². The fourth-order valence-electron chi connectivity index (χ4n) is 1.58. The van der Waals surface area contributed by atoms with Gasteiger partial charge in [-0.15, -0.1) is 0 Å². The van der Waals surface area contributed by atoms with Gasteiger partial charge >= 0.3 is 5.97 Å². The number of carbonyl (C=O) groups excluding carboxylic acids is 1. The maximum absolute atomic E-state index is 11.7. The number of amides is 1. The van der Waals surface area contributed by atoms with Crippen LogP contribution in [0.2, 0.25) is 5.02 Å². The lowest BCUT2D eigenvalue weighted by molar-refractivity contribution is -0.146. The van der Waals surface area contributed by atoms with Gasteiger partial charge in [0, 0.05) is 17.5 Å². The molecule has 1 aromatic rings. The van der Waals surface area contributed by atoms with Crippen LogP contribution in [0.1, 0.15) is 19.4 Å². The molecule has 0 fully saturated rings. The zero-order valence-corrected chi connectivity index (χ0v) is 11.8. The summed E-state index contributed by atoms with van der Waals surface area (Å²) in [6.45, 7) is 3.64. The number of rotatable bonds is 6. The van der Waals surface area contributed by atoms with Gasteiger partial charge in [0.25, 0.3) is 0 Å². The van der Waals surface area contributed by atoms with Gasteiger partial charge in [-0.3, -0.25) is 9.59 Å². The van der Waals surface area contributed by atoms with Crippen LogP contribution >= 0.6 is 11.6 Å². The summed E-state index contributed by atoms with van der Waals surface area (Å²) >= 11 is 5.78.